The first-order valence-electron chi connectivity index (χ1n) is 7.49. The zero-order chi connectivity index (χ0) is 14.9. The van der Waals surface area contributed by atoms with Crippen LogP contribution in [0.2, 0.25) is 5.02 Å². The molecule has 20 heavy (non-hydrogen) atoms. The fourth-order valence-electron chi connectivity index (χ4n) is 2.95. The van der Waals surface area contributed by atoms with E-state index in [0.29, 0.717) is 24.0 Å². The normalized spacial score (nSPS) is 22.9. The lowest BCUT2D eigenvalue weighted by Crippen LogP contribution is -2.11. The molecule has 1 aromatic carbocycles. The van der Waals surface area contributed by atoms with Gasteiger partial charge in [-0.05, 0) is 47.9 Å². The quantitative estimate of drug-likeness (QED) is 0.701. The Kier molecular flexibility index (Phi) is 4.98. The van der Waals surface area contributed by atoms with Gasteiger partial charge in [-0.25, -0.2) is 0 Å². The first-order chi connectivity index (χ1) is 9.47. The number of methoxy groups -OCH3 is 1. The van der Waals surface area contributed by atoms with Crippen LogP contribution in [0, 0.1) is 5.92 Å². The molecule has 0 spiro atoms. The zero-order valence-corrected chi connectivity index (χ0v) is 13.8. The Labute approximate surface area is 127 Å². The van der Waals surface area contributed by atoms with Crippen molar-refractivity contribution in [3.05, 3.63) is 28.3 Å². The van der Waals surface area contributed by atoms with E-state index < -0.39 is 0 Å². The molecule has 1 aliphatic rings. The highest BCUT2D eigenvalue weighted by Gasteiger charge is 2.41. The summed E-state index contributed by atoms with van der Waals surface area (Å²) in [6.45, 7) is 8.75. The molecule has 1 aliphatic heterocycles. The Bertz CT molecular complexity index is 470. The SMILES string of the molecule is CCC1OC1C(C)Cc1cc(Cl)cc(C(C)C)c1OC. The Morgan fingerprint density at radius 2 is 2.00 bits per heavy atom. The molecule has 2 rings (SSSR count). The Balaban J connectivity index is 2.22. The standard InChI is InChI=1S/C17H25ClO2/c1-6-15-16(20-15)11(4)7-12-8-13(18)9-14(10(2)3)17(12)19-5/h8-11,15-16H,6-7H2,1-5H3. The maximum absolute atomic E-state index is 6.27. The van der Waals surface area contributed by atoms with E-state index in [0.717, 1.165) is 23.6 Å². The van der Waals surface area contributed by atoms with Crippen LogP contribution in [0.4, 0.5) is 0 Å². The minimum Gasteiger partial charge on any atom is -0.496 e. The Morgan fingerprint density at radius 1 is 1.30 bits per heavy atom. The van der Waals surface area contributed by atoms with Crippen molar-refractivity contribution in [1.82, 2.24) is 0 Å². The molecule has 0 aliphatic carbocycles. The monoisotopic (exact) mass is 296 g/mol. The molecule has 112 valence electrons. The van der Waals surface area contributed by atoms with E-state index in [-0.39, 0.29) is 0 Å². The van der Waals surface area contributed by atoms with Gasteiger partial charge >= 0.3 is 0 Å². The molecule has 3 atom stereocenters. The second-order valence-corrected chi connectivity index (χ2v) is 6.51. The van der Waals surface area contributed by atoms with Crippen LogP contribution in [0.15, 0.2) is 12.1 Å². The van der Waals surface area contributed by atoms with Gasteiger partial charge < -0.3 is 9.47 Å². The largest absolute Gasteiger partial charge is 0.496 e. The van der Waals surface area contributed by atoms with Crippen molar-refractivity contribution >= 4 is 11.6 Å². The van der Waals surface area contributed by atoms with Gasteiger partial charge in [0.25, 0.3) is 0 Å². The lowest BCUT2D eigenvalue weighted by atomic mass is 9.91. The third kappa shape index (κ3) is 3.29. The van der Waals surface area contributed by atoms with E-state index in [4.69, 9.17) is 21.1 Å². The zero-order valence-electron chi connectivity index (χ0n) is 13.1. The molecule has 0 bridgehead atoms. The second-order valence-electron chi connectivity index (χ2n) is 6.07. The molecule has 1 heterocycles. The third-order valence-electron chi connectivity index (χ3n) is 4.11. The molecule has 1 aromatic rings. The van der Waals surface area contributed by atoms with Gasteiger partial charge in [0.1, 0.15) is 5.75 Å². The average molecular weight is 297 g/mol. The van der Waals surface area contributed by atoms with Crippen molar-refractivity contribution in [3.63, 3.8) is 0 Å². The smallest absolute Gasteiger partial charge is 0.125 e. The maximum Gasteiger partial charge on any atom is 0.125 e. The van der Waals surface area contributed by atoms with Gasteiger partial charge in [-0.1, -0.05) is 39.3 Å². The summed E-state index contributed by atoms with van der Waals surface area (Å²) in [6, 6.07) is 4.05. The number of hydrogen-bond donors (Lipinski definition) is 0. The van der Waals surface area contributed by atoms with Gasteiger partial charge in [-0.15, -0.1) is 0 Å². The van der Waals surface area contributed by atoms with Gasteiger partial charge in [0.05, 0.1) is 19.3 Å². The van der Waals surface area contributed by atoms with Crippen LogP contribution in [0.3, 0.4) is 0 Å². The van der Waals surface area contributed by atoms with Crippen molar-refractivity contribution in [1.29, 1.82) is 0 Å². The molecule has 2 nitrogen and oxygen atoms in total. The summed E-state index contributed by atoms with van der Waals surface area (Å²) in [5.41, 5.74) is 2.38. The van der Waals surface area contributed by atoms with Crippen LogP contribution in [0.1, 0.15) is 51.2 Å². The number of benzene rings is 1. The van der Waals surface area contributed by atoms with E-state index in [2.05, 4.69) is 27.7 Å². The van der Waals surface area contributed by atoms with E-state index >= 15 is 0 Å². The van der Waals surface area contributed by atoms with E-state index in [9.17, 15) is 0 Å². The molecule has 0 amide bonds. The van der Waals surface area contributed by atoms with Crippen molar-refractivity contribution in [2.75, 3.05) is 7.11 Å². The molecular formula is C17H25ClO2. The number of ether oxygens (including phenoxy) is 2. The molecule has 0 aromatic heterocycles. The van der Waals surface area contributed by atoms with E-state index in [1.54, 1.807) is 7.11 Å². The summed E-state index contributed by atoms with van der Waals surface area (Å²) in [4.78, 5) is 0. The molecule has 3 heteroatoms. The maximum atomic E-state index is 6.27. The lowest BCUT2D eigenvalue weighted by molar-refractivity contribution is 0.320. The summed E-state index contributed by atoms with van der Waals surface area (Å²) >= 11 is 6.27. The highest BCUT2D eigenvalue weighted by Crippen LogP contribution is 2.38. The lowest BCUT2D eigenvalue weighted by Gasteiger charge is -2.18. The van der Waals surface area contributed by atoms with Gasteiger partial charge in [0, 0.05) is 5.02 Å². The summed E-state index contributed by atoms with van der Waals surface area (Å²) in [6.07, 6.45) is 2.88. The summed E-state index contributed by atoms with van der Waals surface area (Å²) in [7, 11) is 1.74. The minimum atomic E-state index is 0.395. The van der Waals surface area contributed by atoms with Crippen LogP contribution in [0.5, 0.6) is 5.75 Å². The van der Waals surface area contributed by atoms with Gasteiger partial charge in [-0.2, -0.15) is 0 Å². The minimum absolute atomic E-state index is 0.395. The first-order valence-corrected chi connectivity index (χ1v) is 7.87. The first kappa shape index (κ1) is 15.7. The van der Waals surface area contributed by atoms with Crippen molar-refractivity contribution in [2.24, 2.45) is 5.92 Å². The van der Waals surface area contributed by atoms with E-state index in [1.165, 1.54) is 11.1 Å². The Hall–Kier alpha value is -0.730. The predicted octanol–water partition coefficient (Wildman–Crippen LogP) is 4.83. The highest BCUT2D eigenvalue weighted by molar-refractivity contribution is 6.30. The molecule has 0 N–H and O–H groups in total. The average Bonchev–Trinajstić information content (AvgIpc) is 3.17. The Morgan fingerprint density at radius 3 is 2.50 bits per heavy atom. The van der Waals surface area contributed by atoms with Crippen LogP contribution >= 0.6 is 11.6 Å². The fourth-order valence-corrected chi connectivity index (χ4v) is 3.20. The number of rotatable bonds is 6. The van der Waals surface area contributed by atoms with Crippen LogP contribution < -0.4 is 4.74 Å². The topological polar surface area (TPSA) is 21.8 Å². The van der Waals surface area contributed by atoms with Crippen LogP contribution in [-0.4, -0.2) is 19.3 Å². The van der Waals surface area contributed by atoms with Gasteiger partial charge in [0.15, 0.2) is 0 Å². The molecule has 1 saturated heterocycles. The molecular weight excluding hydrogens is 272 g/mol. The number of halogens is 1. The molecule has 1 fully saturated rings. The number of epoxide rings is 1. The van der Waals surface area contributed by atoms with Crippen LogP contribution in [0.25, 0.3) is 0 Å². The second kappa shape index (κ2) is 6.36. The molecule has 0 radical (unpaired) electrons. The van der Waals surface area contributed by atoms with E-state index in [1.807, 2.05) is 12.1 Å². The molecule has 0 saturated carbocycles. The summed E-state index contributed by atoms with van der Waals surface area (Å²) in [5, 5.41) is 0.792. The summed E-state index contributed by atoms with van der Waals surface area (Å²) in [5.74, 6) is 1.88. The van der Waals surface area contributed by atoms with Gasteiger partial charge in [0.2, 0.25) is 0 Å². The van der Waals surface area contributed by atoms with Crippen molar-refractivity contribution in [2.45, 2.75) is 58.7 Å². The number of hydrogen-bond acceptors (Lipinski definition) is 2. The highest BCUT2D eigenvalue weighted by atomic mass is 35.5. The van der Waals surface area contributed by atoms with Crippen molar-refractivity contribution < 1.29 is 9.47 Å². The van der Waals surface area contributed by atoms with Crippen LogP contribution in [-0.2, 0) is 11.2 Å². The predicted molar refractivity (Wildman–Crippen MR) is 83.9 cm³/mol. The van der Waals surface area contributed by atoms with Gasteiger partial charge in [-0.3, -0.25) is 0 Å². The third-order valence-corrected chi connectivity index (χ3v) is 4.33. The summed E-state index contributed by atoms with van der Waals surface area (Å²) < 4.78 is 11.4. The fraction of sp³-hybridized carbons (Fsp3) is 0.647. The van der Waals surface area contributed by atoms with Crippen molar-refractivity contribution in [3.8, 4) is 5.75 Å². The molecule has 3 unspecified atom stereocenters.